The SMILES string of the molecule is CC(C)C1CCC(C)(OC2CCCO2)CC1. The van der Waals surface area contributed by atoms with Crippen LogP contribution in [0.1, 0.15) is 59.3 Å². The molecule has 0 aromatic rings. The maximum absolute atomic E-state index is 6.15. The Balaban J connectivity index is 1.81. The van der Waals surface area contributed by atoms with Crippen LogP contribution < -0.4 is 0 Å². The smallest absolute Gasteiger partial charge is 0.158 e. The van der Waals surface area contributed by atoms with Crippen molar-refractivity contribution in [2.45, 2.75) is 71.2 Å². The predicted molar refractivity (Wildman–Crippen MR) is 65.3 cm³/mol. The summed E-state index contributed by atoms with van der Waals surface area (Å²) < 4.78 is 11.7. The van der Waals surface area contributed by atoms with Crippen molar-refractivity contribution < 1.29 is 9.47 Å². The molecule has 1 aliphatic carbocycles. The van der Waals surface area contributed by atoms with E-state index in [0.29, 0.717) is 0 Å². The van der Waals surface area contributed by atoms with E-state index in [1.807, 2.05) is 0 Å². The Labute approximate surface area is 99.7 Å². The third kappa shape index (κ3) is 2.98. The minimum Gasteiger partial charge on any atom is -0.353 e. The average Bonchev–Trinajstić information content (AvgIpc) is 2.70. The van der Waals surface area contributed by atoms with Crippen LogP contribution in [-0.4, -0.2) is 18.5 Å². The molecule has 1 saturated heterocycles. The first kappa shape index (κ1) is 12.4. The molecular weight excluding hydrogens is 200 g/mol. The third-order valence-electron chi connectivity index (χ3n) is 4.33. The first-order valence-electron chi connectivity index (χ1n) is 6.88. The quantitative estimate of drug-likeness (QED) is 0.729. The molecule has 16 heavy (non-hydrogen) atoms. The highest BCUT2D eigenvalue weighted by Gasteiger charge is 2.35. The monoisotopic (exact) mass is 226 g/mol. The third-order valence-corrected chi connectivity index (χ3v) is 4.33. The van der Waals surface area contributed by atoms with Crippen molar-refractivity contribution in [2.75, 3.05) is 6.61 Å². The highest BCUT2D eigenvalue weighted by molar-refractivity contribution is 4.85. The maximum atomic E-state index is 6.15. The van der Waals surface area contributed by atoms with Gasteiger partial charge in [-0.3, -0.25) is 0 Å². The number of hydrogen-bond acceptors (Lipinski definition) is 2. The van der Waals surface area contributed by atoms with E-state index in [9.17, 15) is 0 Å². The van der Waals surface area contributed by atoms with E-state index in [1.54, 1.807) is 0 Å². The van der Waals surface area contributed by atoms with Gasteiger partial charge in [-0.15, -0.1) is 0 Å². The van der Waals surface area contributed by atoms with Crippen LogP contribution in [0, 0.1) is 11.8 Å². The Bertz CT molecular complexity index is 211. The van der Waals surface area contributed by atoms with Gasteiger partial charge in [0.15, 0.2) is 6.29 Å². The zero-order chi connectivity index (χ0) is 11.6. The van der Waals surface area contributed by atoms with Gasteiger partial charge in [-0.2, -0.15) is 0 Å². The molecule has 2 heteroatoms. The number of hydrogen-bond donors (Lipinski definition) is 0. The topological polar surface area (TPSA) is 18.5 Å². The standard InChI is InChI=1S/C14H26O2/c1-11(2)12-6-8-14(3,9-7-12)16-13-5-4-10-15-13/h11-13H,4-10H2,1-3H3. The molecule has 1 aliphatic heterocycles. The van der Waals surface area contributed by atoms with Gasteiger partial charge < -0.3 is 9.47 Å². The summed E-state index contributed by atoms with van der Waals surface area (Å²) in [6.45, 7) is 7.84. The Morgan fingerprint density at radius 2 is 1.88 bits per heavy atom. The molecule has 1 saturated carbocycles. The molecule has 2 aliphatic rings. The van der Waals surface area contributed by atoms with Crippen LogP contribution in [0.3, 0.4) is 0 Å². The maximum Gasteiger partial charge on any atom is 0.158 e. The lowest BCUT2D eigenvalue weighted by Gasteiger charge is -2.40. The molecule has 1 unspecified atom stereocenters. The van der Waals surface area contributed by atoms with Crippen molar-refractivity contribution in [3.8, 4) is 0 Å². The summed E-state index contributed by atoms with van der Waals surface area (Å²) >= 11 is 0. The molecule has 2 nitrogen and oxygen atoms in total. The van der Waals surface area contributed by atoms with Crippen LogP contribution in [0.2, 0.25) is 0 Å². The minimum atomic E-state index is 0.0837. The molecule has 0 aromatic carbocycles. The van der Waals surface area contributed by atoms with Gasteiger partial charge >= 0.3 is 0 Å². The van der Waals surface area contributed by atoms with Crippen LogP contribution in [-0.2, 0) is 9.47 Å². The van der Waals surface area contributed by atoms with Crippen molar-refractivity contribution in [1.29, 1.82) is 0 Å². The second-order valence-corrected chi connectivity index (χ2v) is 6.09. The predicted octanol–water partition coefficient (Wildman–Crippen LogP) is 3.74. The molecule has 0 radical (unpaired) electrons. The van der Waals surface area contributed by atoms with Crippen LogP contribution in [0.5, 0.6) is 0 Å². The van der Waals surface area contributed by atoms with E-state index < -0.39 is 0 Å². The molecule has 0 amide bonds. The second kappa shape index (κ2) is 5.05. The molecule has 0 spiro atoms. The molecule has 0 aromatic heterocycles. The van der Waals surface area contributed by atoms with Gasteiger partial charge in [0.1, 0.15) is 0 Å². The highest BCUT2D eigenvalue weighted by atomic mass is 16.7. The molecule has 1 heterocycles. The summed E-state index contributed by atoms with van der Waals surface area (Å²) in [5.74, 6) is 1.73. The first-order valence-corrected chi connectivity index (χ1v) is 6.88. The van der Waals surface area contributed by atoms with Crippen molar-refractivity contribution in [1.82, 2.24) is 0 Å². The van der Waals surface area contributed by atoms with E-state index in [0.717, 1.165) is 31.3 Å². The lowest BCUT2D eigenvalue weighted by atomic mass is 9.75. The molecule has 0 N–H and O–H groups in total. The average molecular weight is 226 g/mol. The molecule has 1 atom stereocenters. The Morgan fingerprint density at radius 1 is 1.19 bits per heavy atom. The molecular formula is C14H26O2. The van der Waals surface area contributed by atoms with Crippen LogP contribution >= 0.6 is 0 Å². The molecule has 2 rings (SSSR count). The lowest BCUT2D eigenvalue weighted by Crippen LogP contribution is -2.38. The van der Waals surface area contributed by atoms with Gasteiger partial charge in [0.2, 0.25) is 0 Å². The molecule has 94 valence electrons. The lowest BCUT2D eigenvalue weighted by molar-refractivity contribution is -0.197. The van der Waals surface area contributed by atoms with Crippen LogP contribution in [0.15, 0.2) is 0 Å². The molecule has 0 bridgehead atoms. The zero-order valence-corrected chi connectivity index (χ0v) is 11.0. The summed E-state index contributed by atoms with van der Waals surface area (Å²) in [6.07, 6.45) is 7.38. The Hall–Kier alpha value is -0.0800. The normalized spacial score (nSPS) is 40.5. The van der Waals surface area contributed by atoms with E-state index >= 15 is 0 Å². The van der Waals surface area contributed by atoms with E-state index in [2.05, 4.69) is 20.8 Å². The van der Waals surface area contributed by atoms with E-state index in [4.69, 9.17) is 9.47 Å². The van der Waals surface area contributed by atoms with Gasteiger partial charge in [-0.1, -0.05) is 13.8 Å². The summed E-state index contributed by atoms with van der Waals surface area (Å²) in [4.78, 5) is 0. The zero-order valence-electron chi connectivity index (χ0n) is 11.0. The Morgan fingerprint density at radius 3 is 2.38 bits per heavy atom. The highest BCUT2D eigenvalue weighted by Crippen LogP contribution is 2.39. The number of ether oxygens (including phenoxy) is 2. The van der Waals surface area contributed by atoms with Gasteiger partial charge in [0.25, 0.3) is 0 Å². The fourth-order valence-corrected chi connectivity index (χ4v) is 2.99. The van der Waals surface area contributed by atoms with Crippen LogP contribution in [0.4, 0.5) is 0 Å². The fraction of sp³-hybridized carbons (Fsp3) is 1.00. The van der Waals surface area contributed by atoms with Crippen molar-refractivity contribution in [2.24, 2.45) is 11.8 Å². The van der Waals surface area contributed by atoms with Gasteiger partial charge in [0, 0.05) is 13.0 Å². The molecule has 2 fully saturated rings. The first-order chi connectivity index (χ1) is 7.59. The van der Waals surface area contributed by atoms with Gasteiger partial charge in [-0.05, 0) is 50.9 Å². The van der Waals surface area contributed by atoms with Crippen molar-refractivity contribution in [3.05, 3.63) is 0 Å². The number of rotatable bonds is 3. The van der Waals surface area contributed by atoms with Crippen molar-refractivity contribution in [3.63, 3.8) is 0 Å². The van der Waals surface area contributed by atoms with E-state index in [1.165, 1.54) is 25.7 Å². The van der Waals surface area contributed by atoms with Gasteiger partial charge in [0.05, 0.1) is 5.60 Å². The van der Waals surface area contributed by atoms with Crippen molar-refractivity contribution >= 4 is 0 Å². The largest absolute Gasteiger partial charge is 0.353 e. The minimum absolute atomic E-state index is 0.0837. The Kier molecular flexibility index (Phi) is 3.91. The fourth-order valence-electron chi connectivity index (χ4n) is 2.99. The van der Waals surface area contributed by atoms with Crippen LogP contribution in [0.25, 0.3) is 0 Å². The summed E-state index contributed by atoms with van der Waals surface area (Å²) in [5, 5.41) is 0. The summed E-state index contributed by atoms with van der Waals surface area (Å²) in [7, 11) is 0. The second-order valence-electron chi connectivity index (χ2n) is 6.09. The van der Waals surface area contributed by atoms with Gasteiger partial charge in [-0.25, -0.2) is 0 Å². The summed E-state index contributed by atoms with van der Waals surface area (Å²) in [6, 6.07) is 0. The summed E-state index contributed by atoms with van der Waals surface area (Å²) in [5.41, 5.74) is 0.0837. The van der Waals surface area contributed by atoms with E-state index in [-0.39, 0.29) is 11.9 Å².